The second kappa shape index (κ2) is 9.15. The van der Waals surface area contributed by atoms with Gasteiger partial charge in [-0.2, -0.15) is 25.2 Å². The first-order valence-electron chi connectivity index (χ1n) is 9.85. The molecule has 0 saturated carbocycles. The molecule has 0 saturated heterocycles. The van der Waals surface area contributed by atoms with Gasteiger partial charge in [0.05, 0.1) is 16.7 Å². The van der Waals surface area contributed by atoms with E-state index in [9.17, 15) is 14.4 Å². The summed E-state index contributed by atoms with van der Waals surface area (Å²) in [6.45, 7) is 1.25. The number of carbonyl (C=O) groups is 2. The predicted octanol–water partition coefficient (Wildman–Crippen LogP) is 1.63. The van der Waals surface area contributed by atoms with Crippen LogP contribution in [0, 0.1) is 0 Å². The molecule has 172 valence electrons. The van der Waals surface area contributed by atoms with E-state index in [4.69, 9.17) is 11.5 Å². The Kier molecular flexibility index (Phi) is 5.94. The number of anilines is 5. The summed E-state index contributed by atoms with van der Waals surface area (Å²) in [4.78, 5) is 52.7. The molecule has 0 aliphatic rings. The lowest BCUT2D eigenvalue weighted by Gasteiger charge is -2.09. The lowest BCUT2D eigenvalue weighted by molar-refractivity contribution is -0.126. The molecule has 4 rings (SSSR count). The van der Waals surface area contributed by atoms with Gasteiger partial charge >= 0.3 is 5.69 Å². The summed E-state index contributed by atoms with van der Waals surface area (Å²) in [5.74, 6) is -1.00. The van der Waals surface area contributed by atoms with Gasteiger partial charge in [0.1, 0.15) is 0 Å². The van der Waals surface area contributed by atoms with Gasteiger partial charge in [0.25, 0.3) is 5.91 Å². The number of amides is 1. The van der Waals surface area contributed by atoms with Gasteiger partial charge in [-0.3, -0.25) is 9.59 Å². The van der Waals surface area contributed by atoms with E-state index in [-0.39, 0.29) is 23.5 Å². The number of H-pyrrole nitrogens is 2. The zero-order valence-electron chi connectivity index (χ0n) is 17.7. The Morgan fingerprint density at radius 3 is 2.26 bits per heavy atom. The number of carbonyl (C=O) groups excluding carboxylic acids is 2. The van der Waals surface area contributed by atoms with Crippen LogP contribution in [0.2, 0.25) is 0 Å². The molecule has 0 aliphatic carbocycles. The molecule has 14 heteroatoms. The van der Waals surface area contributed by atoms with Crippen LogP contribution in [0.25, 0.3) is 11.0 Å². The highest BCUT2D eigenvalue weighted by molar-refractivity contribution is 6.10. The van der Waals surface area contributed by atoms with Crippen molar-refractivity contribution in [1.29, 1.82) is 0 Å². The number of benzene rings is 2. The van der Waals surface area contributed by atoms with Crippen LogP contribution in [0.4, 0.5) is 34.9 Å². The zero-order chi connectivity index (χ0) is 24.2. The van der Waals surface area contributed by atoms with E-state index < -0.39 is 17.7 Å². The molecule has 0 fully saturated rings. The van der Waals surface area contributed by atoms with Gasteiger partial charge in [0, 0.05) is 11.4 Å². The molecule has 2 aromatic carbocycles. The average Bonchev–Trinajstić information content (AvgIpc) is 3.13. The number of imidazole rings is 1. The molecule has 2 heterocycles. The zero-order valence-corrected chi connectivity index (χ0v) is 17.7. The Morgan fingerprint density at radius 2 is 1.59 bits per heavy atom. The molecular formula is C20H19N11O3. The number of nitrogens with zero attached hydrogens (tertiary/aromatic N) is 5. The van der Waals surface area contributed by atoms with E-state index in [2.05, 4.69) is 45.8 Å². The number of fused-ring (bicyclic) bond motifs is 1. The molecule has 4 aromatic rings. The van der Waals surface area contributed by atoms with Crippen molar-refractivity contribution < 1.29 is 9.59 Å². The maximum absolute atomic E-state index is 12.6. The van der Waals surface area contributed by atoms with Crippen LogP contribution >= 0.6 is 0 Å². The van der Waals surface area contributed by atoms with Gasteiger partial charge < -0.3 is 32.1 Å². The van der Waals surface area contributed by atoms with Gasteiger partial charge in [0.2, 0.25) is 23.9 Å². The van der Waals surface area contributed by atoms with Gasteiger partial charge in [-0.15, -0.1) is 0 Å². The standard InChI is InChI=1S/C20H19N11O3/c1-9(32)15(16(33)23-12-6-7-13-14(8-12)26-20(34)25-13)31-30-11-4-2-10(3-5-11)24-19-28-17(21)27-18(22)29-19/h2-8,15H,1H3,(H,23,33)(H2,25,26,34)(H5,21,22,24,27,28,29)/b31-30-. The second-order valence-electron chi connectivity index (χ2n) is 7.10. The normalized spacial score (nSPS) is 12.0. The van der Waals surface area contributed by atoms with Crippen molar-refractivity contribution in [3.8, 4) is 0 Å². The predicted molar refractivity (Wildman–Crippen MR) is 125 cm³/mol. The molecule has 14 nitrogen and oxygen atoms in total. The van der Waals surface area contributed by atoms with Crippen LogP contribution in [0.1, 0.15) is 6.92 Å². The maximum atomic E-state index is 12.6. The van der Waals surface area contributed by atoms with Crippen molar-refractivity contribution >= 4 is 57.6 Å². The molecule has 0 bridgehead atoms. The molecule has 1 unspecified atom stereocenters. The van der Waals surface area contributed by atoms with Crippen LogP contribution in [-0.4, -0.2) is 42.7 Å². The molecule has 8 N–H and O–H groups in total. The first-order chi connectivity index (χ1) is 16.3. The quantitative estimate of drug-likeness (QED) is 0.173. The molecule has 0 aliphatic heterocycles. The largest absolute Gasteiger partial charge is 0.368 e. The fraction of sp³-hybridized carbons (Fsp3) is 0.100. The monoisotopic (exact) mass is 461 g/mol. The summed E-state index contributed by atoms with van der Waals surface area (Å²) in [7, 11) is 0. The smallest absolute Gasteiger partial charge is 0.323 e. The van der Waals surface area contributed by atoms with Crippen molar-refractivity contribution in [1.82, 2.24) is 24.9 Å². The number of Topliss-reactive ketones (excluding diaryl/α,β-unsaturated/α-hetero) is 1. The van der Waals surface area contributed by atoms with Gasteiger partial charge in [-0.05, 0) is 49.4 Å². The fourth-order valence-corrected chi connectivity index (χ4v) is 2.97. The minimum Gasteiger partial charge on any atom is -0.368 e. The Balaban J connectivity index is 1.44. The third kappa shape index (κ3) is 5.18. The highest BCUT2D eigenvalue weighted by Gasteiger charge is 2.23. The number of hydrogen-bond donors (Lipinski definition) is 6. The van der Waals surface area contributed by atoms with E-state index in [1.165, 1.54) is 6.92 Å². The highest BCUT2D eigenvalue weighted by Crippen LogP contribution is 2.20. The molecule has 1 atom stereocenters. The summed E-state index contributed by atoms with van der Waals surface area (Å²) in [6, 6.07) is 10.0. The van der Waals surface area contributed by atoms with Crippen molar-refractivity contribution in [2.45, 2.75) is 13.0 Å². The number of ketones is 1. The summed E-state index contributed by atoms with van der Waals surface area (Å²) < 4.78 is 0. The number of aromatic amines is 2. The number of nitrogen functional groups attached to an aromatic ring is 2. The average molecular weight is 461 g/mol. The lowest BCUT2D eigenvalue weighted by atomic mass is 10.2. The van der Waals surface area contributed by atoms with Gasteiger partial charge in [-0.25, -0.2) is 4.79 Å². The Morgan fingerprint density at radius 1 is 0.941 bits per heavy atom. The molecule has 1 amide bonds. The minimum atomic E-state index is -1.35. The van der Waals surface area contributed by atoms with Crippen LogP contribution in [-0.2, 0) is 9.59 Å². The Labute approximate surface area is 190 Å². The van der Waals surface area contributed by atoms with E-state index >= 15 is 0 Å². The second-order valence-corrected chi connectivity index (χ2v) is 7.10. The third-order valence-corrected chi connectivity index (χ3v) is 4.50. The molecular weight excluding hydrogens is 442 g/mol. The molecule has 2 aromatic heterocycles. The highest BCUT2D eigenvalue weighted by atomic mass is 16.2. The van der Waals surface area contributed by atoms with Gasteiger partial charge in [-0.1, -0.05) is 0 Å². The van der Waals surface area contributed by atoms with Crippen LogP contribution in [0.3, 0.4) is 0 Å². The Hall–Kier alpha value is -5.14. The number of rotatable bonds is 7. The number of nitrogens with one attached hydrogen (secondary N) is 4. The molecule has 0 radical (unpaired) electrons. The first-order valence-corrected chi connectivity index (χ1v) is 9.85. The molecule has 34 heavy (non-hydrogen) atoms. The third-order valence-electron chi connectivity index (χ3n) is 4.50. The van der Waals surface area contributed by atoms with Gasteiger partial charge in [0.15, 0.2) is 5.78 Å². The number of nitrogens with two attached hydrogens (primary N) is 2. The van der Waals surface area contributed by atoms with Crippen molar-refractivity contribution in [2.24, 2.45) is 10.2 Å². The first kappa shape index (κ1) is 22.1. The topological polar surface area (TPSA) is 222 Å². The number of aromatic nitrogens is 5. The van der Waals surface area contributed by atoms with Crippen LogP contribution in [0.15, 0.2) is 57.5 Å². The van der Waals surface area contributed by atoms with E-state index in [1.807, 2.05) is 0 Å². The summed E-state index contributed by atoms with van der Waals surface area (Å²) in [5.41, 5.74) is 13.2. The Bertz CT molecular complexity index is 1440. The van der Waals surface area contributed by atoms with Crippen molar-refractivity contribution in [3.05, 3.63) is 52.9 Å². The van der Waals surface area contributed by atoms with E-state index in [1.54, 1.807) is 42.5 Å². The van der Waals surface area contributed by atoms with E-state index in [0.29, 0.717) is 28.1 Å². The van der Waals surface area contributed by atoms with Crippen molar-refractivity contribution in [2.75, 3.05) is 22.1 Å². The van der Waals surface area contributed by atoms with Crippen LogP contribution in [0.5, 0.6) is 0 Å². The number of azo groups is 1. The summed E-state index contributed by atoms with van der Waals surface area (Å²) >= 11 is 0. The number of hydrogen-bond acceptors (Lipinski definition) is 11. The van der Waals surface area contributed by atoms with Crippen molar-refractivity contribution in [3.63, 3.8) is 0 Å². The SMILES string of the molecule is CC(=O)C(/N=N\c1ccc(Nc2nc(N)nc(N)n2)cc1)C(=O)Nc1ccc2[nH]c(=O)[nH]c2c1. The van der Waals surface area contributed by atoms with Crippen LogP contribution < -0.4 is 27.8 Å². The van der Waals surface area contributed by atoms with E-state index in [0.717, 1.165) is 0 Å². The maximum Gasteiger partial charge on any atom is 0.323 e. The lowest BCUT2D eigenvalue weighted by Crippen LogP contribution is -2.31. The molecule has 0 spiro atoms. The summed E-state index contributed by atoms with van der Waals surface area (Å²) in [6.07, 6.45) is 0. The fourth-order valence-electron chi connectivity index (χ4n) is 2.97. The minimum absolute atomic E-state index is 0.0183. The summed E-state index contributed by atoms with van der Waals surface area (Å²) in [5, 5.41) is 13.4.